The van der Waals surface area contributed by atoms with Crippen molar-refractivity contribution < 1.29 is 19.8 Å². The minimum atomic E-state index is -1.08. The van der Waals surface area contributed by atoms with Crippen molar-refractivity contribution in [2.75, 3.05) is 0 Å². The van der Waals surface area contributed by atoms with Crippen LogP contribution in [0.15, 0.2) is 36.4 Å². The van der Waals surface area contributed by atoms with Crippen molar-refractivity contribution in [1.29, 1.82) is 0 Å². The third kappa shape index (κ3) is 3.08. The summed E-state index contributed by atoms with van der Waals surface area (Å²) in [5, 5.41) is 19.8. The normalized spacial score (nSPS) is 10.5. The smallest absolute Gasteiger partial charge is 0.336 e. The number of alkyl halides is 2. The molecule has 0 fully saturated rings. The van der Waals surface area contributed by atoms with E-state index in [1.54, 1.807) is 24.3 Å². The number of hydrogen-bond acceptors (Lipinski definition) is 2. The monoisotopic (exact) mass is 426 g/mol. The summed E-state index contributed by atoms with van der Waals surface area (Å²) < 4.78 is 0. The van der Waals surface area contributed by atoms with Crippen LogP contribution in [0.3, 0.4) is 0 Å². The molecule has 0 unspecified atom stereocenters. The number of carboxylic acid groups (broad SMARTS) is 2. The van der Waals surface area contributed by atoms with Crippen LogP contribution in [0.25, 0.3) is 11.1 Å². The fourth-order valence-electron chi connectivity index (χ4n) is 2.37. The maximum Gasteiger partial charge on any atom is 0.336 e. The Hall–Kier alpha value is -1.66. The average Bonchev–Trinajstić information content (AvgIpc) is 2.52. The standard InChI is InChI=1S/C16H12Br2O4/c17-7-9-3-1-5-11(15(19)20)13(9)14-10(8-18)4-2-6-12(14)16(21)22/h1-6H,7-8H2,(H,19,20)(H,21,22). The molecule has 22 heavy (non-hydrogen) atoms. The fourth-order valence-corrected chi connectivity index (χ4v) is 3.30. The molecule has 0 atom stereocenters. The van der Waals surface area contributed by atoms with E-state index in [-0.39, 0.29) is 11.1 Å². The molecule has 0 saturated heterocycles. The van der Waals surface area contributed by atoms with Gasteiger partial charge in [0.15, 0.2) is 0 Å². The Kier molecular flexibility index (Phi) is 5.37. The van der Waals surface area contributed by atoms with Crippen LogP contribution in [0.2, 0.25) is 0 Å². The number of hydrogen-bond donors (Lipinski definition) is 2. The van der Waals surface area contributed by atoms with Crippen molar-refractivity contribution in [1.82, 2.24) is 0 Å². The van der Waals surface area contributed by atoms with Gasteiger partial charge in [0.25, 0.3) is 0 Å². The highest BCUT2D eigenvalue weighted by molar-refractivity contribution is 9.08. The van der Waals surface area contributed by atoms with Crippen LogP contribution in [0.1, 0.15) is 31.8 Å². The number of halogens is 2. The minimum Gasteiger partial charge on any atom is -0.478 e. The summed E-state index contributed by atoms with van der Waals surface area (Å²) in [4.78, 5) is 23.1. The Morgan fingerprint density at radius 2 is 1.14 bits per heavy atom. The van der Waals surface area contributed by atoms with Crippen molar-refractivity contribution in [3.8, 4) is 11.1 Å². The van der Waals surface area contributed by atoms with Gasteiger partial charge < -0.3 is 10.2 Å². The maximum atomic E-state index is 11.6. The summed E-state index contributed by atoms with van der Waals surface area (Å²) in [6.45, 7) is 0. The number of aromatic carboxylic acids is 2. The molecule has 0 aliphatic carbocycles. The van der Waals surface area contributed by atoms with E-state index in [9.17, 15) is 19.8 Å². The van der Waals surface area contributed by atoms with Gasteiger partial charge in [0.1, 0.15) is 0 Å². The van der Waals surface area contributed by atoms with Crippen molar-refractivity contribution >= 4 is 43.8 Å². The van der Waals surface area contributed by atoms with Gasteiger partial charge in [-0.25, -0.2) is 9.59 Å². The van der Waals surface area contributed by atoms with E-state index in [4.69, 9.17) is 0 Å². The van der Waals surface area contributed by atoms with Crippen molar-refractivity contribution in [2.24, 2.45) is 0 Å². The largest absolute Gasteiger partial charge is 0.478 e. The Morgan fingerprint density at radius 3 is 1.41 bits per heavy atom. The minimum absolute atomic E-state index is 0.0906. The molecular formula is C16H12Br2O4. The number of rotatable bonds is 5. The SMILES string of the molecule is O=C(O)c1cccc(CBr)c1-c1c(CBr)cccc1C(=O)O. The predicted molar refractivity (Wildman–Crippen MR) is 91.1 cm³/mol. The summed E-state index contributed by atoms with van der Waals surface area (Å²) in [5.41, 5.74) is 2.53. The van der Waals surface area contributed by atoms with Gasteiger partial charge in [-0.1, -0.05) is 56.1 Å². The zero-order valence-electron chi connectivity index (χ0n) is 11.3. The fraction of sp³-hybridized carbons (Fsp3) is 0.125. The molecule has 0 amide bonds. The first-order valence-corrected chi connectivity index (χ1v) is 8.58. The van der Waals surface area contributed by atoms with Gasteiger partial charge in [-0.15, -0.1) is 0 Å². The van der Waals surface area contributed by atoms with E-state index in [0.717, 1.165) is 11.1 Å². The van der Waals surface area contributed by atoms with Gasteiger partial charge in [0.05, 0.1) is 11.1 Å². The van der Waals surface area contributed by atoms with E-state index in [0.29, 0.717) is 21.8 Å². The first-order valence-electron chi connectivity index (χ1n) is 6.34. The van der Waals surface area contributed by atoms with E-state index in [2.05, 4.69) is 31.9 Å². The molecule has 0 spiro atoms. The molecule has 0 saturated carbocycles. The Morgan fingerprint density at radius 1 is 0.773 bits per heavy atom. The molecule has 4 nitrogen and oxygen atoms in total. The van der Waals surface area contributed by atoms with Crippen LogP contribution in [-0.2, 0) is 10.7 Å². The summed E-state index contributed by atoms with van der Waals surface area (Å²) in [7, 11) is 0. The van der Waals surface area contributed by atoms with Crippen LogP contribution in [0, 0.1) is 0 Å². The van der Waals surface area contributed by atoms with E-state index >= 15 is 0 Å². The van der Waals surface area contributed by atoms with Gasteiger partial charge in [-0.2, -0.15) is 0 Å². The molecule has 114 valence electrons. The highest BCUT2D eigenvalue weighted by atomic mass is 79.9. The molecule has 6 heteroatoms. The average molecular weight is 428 g/mol. The Balaban J connectivity index is 2.92. The van der Waals surface area contributed by atoms with Gasteiger partial charge in [0.2, 0.25) is 0 Å². The van der Waals surface area contributed by atoms with Gasteiger partial charge >= 0.3 is 11.9 Å². The quantitative estimate of drug-likeness (QED) is 0.687. The number of carboxylic acids is 2. The van der Waals surface area contributed by atoms with E-state index in [1.165, 1.54) is 12.1 Å². The van der Waals surface area contributed by atoms with Gasteiger partial charge in [0, 0.05) is 21.8 Å². The lowest BCUT2D eigenvalue weighted by Crippen LogP contribution is -2.08. The third-order valence-corrected chi connectivity index (χ3v) is 4.51. The molecule has 2 aromatic rings. The maximum absolute atomic E-state index is 11.6. The molecule has 0 bridgehead atoms. The Labute approximate surface area is 144 Å². The Bertz CT molecular complexity index is 677. The van der Waals surface area contributed by atoms with Crippen LogP contribution < -0.4 is 0 Å². The summed E-state index contributed by atoms with van der Waals surface area (Å²) in [5.74, 6) is -2.17. The van der Waals surface area contributed by atoms with Crippen molar-refractivity contribution in [3.05, 3.63) is 58.7 Å². The third-order valence-electron chi connectivity index (χ3n) is 3.30. The second-order valence-electron chi connectivity index (χ2n) is 4.56. The highest BCUT2D eigenvalue weighted by Crippen LogP contribution is 2.36. The van der Waals surface area contributed by atoms with Crippen LogP contribution in [0.5, 0.6) is 0 Å². The van der Waals surface area contributed by atoms with Gasteiger partial charge in [-0.05, 0) is 23.3 Å². The summed E-state index contributed by atoms with van der Waals surface area (Å²) in [6.07, 6.45) is 0. The lowest BCUT2D eigenvalue weighted by molar-refractivity contribution is 0.0684. The molecule has 0 heterocycles. The van der Waals surface area contributed by atoms with Gasteiger partial charge in [-0.3, -0.25) is 0 Å². The molecule has 2 aromatic carbocycles. The first-order chi connectivity index (χ1) is 10.5. The topological polar surface area (TPSA) is 74.6 Å². The predicted octanol–water partition coefficient (Wildman–Crippen LogP) is 4.54. The molecule has 2 N–H and O–H groups in total. The first kappa shape index (κ1) is 16.7. The molecule has 0 aromatic heterocycles. The molecule has 0 aliphatic heterocycles. The van der Waals surface area contributed by atoms with E-state index in [1.807, 2.05) is 0 Å². The number of benzene rings is 2. The van der Waals surface area contributed by atoms with Crippen molar-refractivity contribution in [2.45, 2.75) is 10.7 Å². The zero-order chi connectivity index (χ0) is 16.3. The second kappa shape index (κ2) is 7.07. The van der Waals surface area contributed by atoms with Crippen LogP contribution in [-0.4, -0.2) is 22.2 Å². The molecule has 0 radical (unpaired) electrons. The molecule has 2 rings (SSSR count). The lowest BCUT2D eigenvalue weighted by atomic mass is 9.88. The van der Waals surface area contributed by atoms with E-state index < -0.39 is 11.9 Å². The summed E-state index contributed by atoms with van der Waals surface area (Å²) >= 11 is 6.69. The van der Waals surface area contributed by atoms with Crippen LogP contribution >= 0.6 is 31.9 Å². The van der Waals surface area contributed by atoms with Crippen LogP contribution in [0.4, 0.5) is 0 Å². The molecule has 0 aliphatic rings. The summed E-state index contributed by atoms with van der Waals surface area (Å²) in [6, 6.07) is 9.85. The second-order valence-corrected chi connectivity index (χ2v) is 5.68. The highest BCUT2D eigenvalue weighted by Gasteiger charge is 2.22. The number of carbonyl (C=O) groups is 2. The zero-order valence-corrected chi connectivity index (χ0v) is 14.5. The lowest BCUT2D eigenvalue weighted by Gasteiger charge is -2.17. The van der Waals surface area contributed by atoms with Crippen molar-refractivity contribution in [3.63, 3.8) is 0 Å². The molecular weight excluding hydrogens is 416 g/mol.